The fraction of sp³-hybridized carbons (Fsp3) is 0.407. The fourth-order valence-corrected chi connectivity index (χ4v) is 5.21. The van der Waals surface area contributed by atoms with E-state index in [2.05, 4.69) is 38.1 Å². The maximum Gasteiger partial charge on any atom is 0.338 e. The monoisotopic (exact) mass is 601 g/mol. The van der Waals surface area contributed by atoms with Crippen molar-refractivity contribution in [2.24, 2.45) is 0 Å². The summed E-state index contributed by atoms with van der Waals surface area (Å²) >= 11 is 9.17. The van der Waals surface area contributed by atoms with Gasteiger partial charge in [0.05, 0.1) is 24.3 Å². The van der Waals surface area contributed by atoms with E-state index < -0.39 is 12.0 Å². The quantitative estimate of drug-likeness (QED) is 0.346. The molecule has 0 spiro atoms. The molecule has 202 valence electrons. The Labute approximate surface area is 236 Å². The Bertz CT molecular complexity index is 1170. The molecule has 2 fully saturated rings. The molecule has 0 bridgehead atoms. The van der Waals surface area contributed by atoms with E-state index in [1.165, 1.54) is 4.90 Å². The van der Waals surface area contributed by atoms with Gasteiger partial charge >= 0.3 is 5.97 Å². The zero-order valence-electron chi connectivity index (χ0n) is 21.6. The number of thiocarbonyl (C=S) groups is 1. The van der Waals surface area contributed by atoms with Crippen LogP contribution in [0.3, 0.4) is 0 Å². The van der Waals surface area contributed by atoms with E-state index in [9.17, 15) is 14.4 Å². The summed E-state index contributed by atoms with van der Waals surface area (Å²) in [6.45, 7) is 7.16. The number of nitrogens with one attached hydrogen (secondary N) is 1. The van der Waals surface area contributed by atoms with Gasteiger partial charge in [-0.15, -0.1) is 0 Å². The smallest absolute Gasteiger partial charge is 0.338 e. The minimum absolute atomic E-state index is 0.0326. The van der Waals surface area contributed by atoms with Gasteiger partial charge < -0.3 is 19.9 Å². The summed E-state index contributed by atoms with van der Waals surface area (Å²) in [7, 11) is 2.11. The molecule has 38 heavy (non-hydrogen) atoms. The lowest BCUT2D eigenvalue weighted by molar-refractivity contribution is -0.124. The molecule has 1 N–H and O–H groups in total. The number of ether oxygens (including phenoxy) is 1. The predicted octanol–water partition coefficient (Wildman–Crippen LogP) is 3.20. The second-order valence-electron chi connectivity index (χ2n) is 9.34. The van der Waals surface area contributed by atoms with Crippen molar-refractivity contribution >= 4 is 62.4 Å². The van der Waals surface area contributed by atoms with E-state index >= 15 is 0 Å². The van der Waals surface area contributed by atoms with Crippen molar-refractivity contribution in [1.82, 2.24) is 14.7 Å². The SMILES string of the molecule is CCOC(=O)c1ccc(N2C(=O)C(CC(=O)Nc3ccc(Br)cc3)N(CCN3CCN(C)CC3)C2=S)cc1. The Kier molecular flexibility index (Phi) is 9.48. The van der Waals surface area contributed by atoms with Crippen LogP contribution in [-0.4, -0.2) is 96.6 Å². The van der Waals surface area contributed by atoms with Crippen LogP contribution >= 0.6 is 28.1 Å². The van der Waals surface area contributed by atoms with Gasteiger partial charge in [0.15, 0.2) is 5.11 Å². The third kappa shape index (κ3) is 6.76. The van der Waals surface area contributed by atoms with Gasteiger partial charge in [-0.05, 0) is 74.7 Å². The average Bonchev–Trinajstić information content (AvgIpc) is 3.13. The van der Waals surface area contributed by atoms with Crippen molar-refractivity contribution in [3.63, 3.8) is 0 Å². The van der Waals surface area contributed by atoms with Crippen molar-refractivity contribution in [2.75, 3.05) is 63.1 Å². The van der Waals surface area contributed by atoms with E-state index in [0.29, 0.717) is 28.6 Å². The number of hydrogen-bond donors (Lipinski definition) is 1. The number of esters is 1. The van der Waals surface area contributed by atoms with Gasteiger partial charge in [0.25, 0.3) is 5.91 Å². The number of halogens is 1. The Balaban J connectivity index is 1.51. The molecule has 2 aliphatic rings. The number of nitrogens with zero attached hydrogens (tertiary/aromatic N) is 4. The molecule has 2 amide bonds. The van der Waals surface area contributed by atoms with Crippen LogP contribution in [0.5, 0.6) is 0 Å². The lowest BCUT2D eigenvalue weighted by Gasteiger charge is -2.34. The number of likely N-dealkylation sites (N-methyl/N-ethyl adjacent to an activating group) is 1. The molecule has 0 saturated carbocycles. The van der Waals surface area contributed by atoms with E-state index in [1.807, 2.05) is 17.0 Å². The van der Waals surface area contributed by atoms with Crippen LogP contribution in [0, 0.1) is 0 Å². The highest BCUT2D eigenvalue weighted by molar-refractivity contribution is 9.10. The van der Waals surface area contributed by atoms with Crippen molar-refractivity contribution < 1.29 is 19.1 Å². The van der Waals surface area contributed by atoms with Gasteiger partial charge in [0, 0.05) is 49.4 Å². The number of amides is 2. The molecule has 2 aliphatic heterocycles. The van der Waals surface area contributed by atoms with Gasteiger partial charge in [-0.1, -0.05) is 15.9 Å². The second kappa shape index (κ2) is 12.8. The molecule has 4 rings (SSSR count). The van der Waals surface area contributed by atoms with Gasteiger partial charge in [-0.3, -0.25) is 19.4 Å². The Morgan fingerprint density at radius 3 is 2.32 bits per heavy atom. The standard InChI is InChI=1S/C27H32BrN5O4S/c1-3-37-26(36)19-4-10-22(11-5-19)33-25(35)23(18-24(34)29-21-8-6-20(28)7-9-21)32(27(33)38)17-16-31-14-12-30(2)13-15-31/h4-11,23H,3,12-18H2,1-2H3,(H,29,34). The number of hydrogen-bond acceptors (Lipinski definition) is 7. The van der Waals surface area contributed by atoms with Crippen LogP contribution in [0.4, 0.5) is 11.4 Å². The Morgan fingerprint density at radius 2 is 1.68 bits per heavy atom. The molecule has 1 atom stereocenters. The maximum atomic E-state index is 13.7. The highest BCUT2D eigenvalue weighted by atomic mass is 79.9. The molecule has 2 heterocycles. The van der Waals surface area contributed by atoms with Crippen molar-refractivity contribution in [3.05, 3.63) is 58.6 Å². The van der Waals surface area contributed by atoms with Gasteiger partial charge in [0.1, 0.15) is 6.04 Å². The van der Waals surface area contributed by atoms with Crippen LogP contribution in [0.2, 0.25) is 0 Å². The molecule has 0 aliphatic carbocycles. The zero-order chi connectivity index (χ0) is 27.2. The van der Waals surface area contributed by atoms with Crippen LogP contribution in [0.15, 0.2) is 53.0 Å². The van der Waals surface area contributed by atoms with Gasteiger partial charge in [-0.25, -0.2) is 4.79 Å². The second-order valence-corrected chi connectivity index (χ2v) is 10.6. The first kappa shape index (κ1) is 28.2. The van der Waals surface area contributed by atoms with Gasteiger partial charge in [0.2, 0.25) is 5.91 Å². The Morgan fingerprint density at radius 1 is 1.03 bits per heavy atom. The summed E-state index contributed by atoms with van der Waals surface area (Å²) < 4.78 is 5.97. The third-order valence-electron chi connectivity index (χ3n) is 6.72. The molecule has 2 aromatic carbocycles. The first-order chi connectivity index (χ1) is 18.3. The topological polar surface area (TPSA) is 85.4 Å². The molecule has 0 radical (unpaired) electrons. The summed E-state index contributed by atoms with van der Waals surface area (Å²) in [6.07, 6.45) is -0.0326. The largest absolute Gasteiger partial charge is 0.462 e. The molecule has 2 aromatic rings. The minimum Gasteiger partial charge on any atom is -0.462 e. The van der Waals surface area contributed by atoms with E-state index in [1.54, 1.807) is 43.3 Å². The predicted molar refractivity (Wildman–Crippen MR) is 154 cm³/mol. The van der Waals surface area contributed by atoms with Gasteiger partial charge in [-0.2, -0.15) is 0 Å². The van der Waals surface area contributed by atoms with Crippen molar-refractivity contribution in [3.8, 4) is 0 Å². The average molecular weight is 603 g/mol. The summed E-state index contributed by atoms with van der Waals surface area (Å²) in [5.41, 5.74) is 1.60. The first-order valence-electron chi connectivity index (χ1n) is 12.6. The lowest BCUT2D eigenvalue weighted by Crippen LogP contribution is -2.48. The minimum atomic E-state index is -0.727. The van der Waals surface area contributed by atoms with Crippen LogP contribution in [0.25, 0.3) is 0 Å². The molecule has 1 unspecified atom stereocenters. The van der Waals surface area contributed by atoms with E-state index in [0.717, 1.165) is 37.2 Å². The Hall–Kier alpha value is -2.86. The van der Waals surface area contributed by atoms with E-state index in [-0.39, 0.29) is 24.8 Å². The van der Waals surface area contributed by atoms with Crippen molar-refractivity contribution in [1.29, 1.82) is 0 Å². The summed E-state index contributed by atoms with van der Waals surface area (Å²) in [5, 5.41) is 3.24. The molecular weight excluding hydrogens is 570 g/mol. The fourth-order valence-electron chi connectivity index (χ4n) is 4.53. The number of piperazine rings is 1. The maximum absolute atomic E-state index is 13.7. The molecule has 0 aromatic heterocycles. The normalized spacial score (nSPS) is 18.7. The zero-order valence-corrected chi connectivity index (χ0v) is 24.0. The number of benzene rings is 2. The van der Waals surface area contributed by atoms with Crippen LogP contribution < -0.4 is 10.2 Å². The summed E-state index contributed by atoms with van der Waals surface area (Å²) in [5.74, 6) is -0.952. The van der Waals surface area contributed by atoms with E-state index in [4.69, 9.17) is 17.0 Å². The van der Waals surface area contributed by atoms with Crippen LogP contribution in [-0.2, 0) is 14.3 Å². The summed E-state index contributed by atoms with van der Waals surface area (Å²) in [6, 6.07) is 13.1. The molecule has 11 heteroatoms. The molecular formula is C27H32BrN5O4S. The van der Waals surface area contributed by atoms with Crippen LogP contribution in [0.1, 0.15) is 23.7 Å². The first-order valence-corrected chi connectivity index (χ1v) is 13.8. The number of rotatable bonds is 9. The highest BCUT2D eigenvalue weighted by Gasteiger charge is 2.44. The lowest BCUT2D eigenvalue weighted by atomic mass is 10.1. The summed E-state index contributed by atoms with van der Waals surface area (Å²) in [4.78, 5) is 46.7. The number of carbonyl (C=O) groups is 3. The van der Waals surface area contributed by atoms with Crippen molar-refractivity contribution in [2.45, 2.75) is 19.4 Å². The molecule has 9 nitrogen and oxygen atoms in total. The highest BCUT2D eigenvalue weighted by Crippen LogP contribution is 2.28. The number of anilines is 2. The third-order valence-corrected chi connectivity index (χ3v) is 7.66. The molecule has 2 saturated heterocycles. The number of carbonyl (C=O) groups excluding carboxylic acids is 3.